The standard InChI is InChI=1S/C16H14FNO/c1-10-5-4-6-11-9-14(19-16(10)11)15(18)12-7-2-3-8-13(12)17/h2-9,15H,18H2,1H3. The molecule has 0 spiro atoms. The molecule has 0 radical (unpaired) electrons. The van der Waals surface area contributed by atoms with E-state index in [4.69, 9.17) is 10.2 Å². The zero-order valence-corrected chi connectivity index (χ0v) is 10.6. The van der Waals surface area contributed by atoms with Crippen LogP contribution < -0.4 is 5.73 Å². The quantitative estimate of drug-likeness (QED) is 0.753. The van der Waals surface area contributed by atoms with E-state index < -0.39 is 6.04 Å². The number of para-hydroxylation sites is 1. The molecule has 2 aromatic carbocycles. The van der Waals surface area contributed by atoms with Gasteiger partial charge < -0.3 is 10.2 Å². The topological polar surface area (TPSA) is 39.2 Å². The molecule has 0 aliphatic carbocycles. The fourth-order valence-corrected chi connectivity index (χ4v) is 2.26. The zero-order chi connectivity index (χ0) is 13.4. The van der Waals surface area contributed by atoms with E-state index >= 15 is 0 Å². The van der Waals surface area contributed by atoms with Crippen molar-refractivity contribution in [3.8, 4) is 0 Å². The van der Waals surface area contributed by atoms with Crippen LogP contribution in [0.15, 0.2) is 52.9 Å². The number of hydrogen-bond acceptors (Lipinski definition) is 2. The highest BCUT2D eigenvalue weighted by molar-refractivity contribution is 5.81. The Kier molecular flexibility index (Phi) is 2.84. The first kappa shape index (κ1) is 11.9. The van der Waals surface area contributed by atoms with Crippen molar-refractivity contribution in [3.05, 3.63) is 71.2 Å². The molecule has 1 aromatic heterocycles. The Bertz CT molecular complexity index is 732. The molecule has 0 fully saturated rings. The van der Waals surface area contributed by atoms with E-state index in [2.05, 4.69) is 0 Å². The van der Waals surface area contributed by atoms with Gasteiger partial charge in [0.2, 0.25) is 0 Å². The minimum Gasteiger partial charge on any atom is -0.459 e. The fraction of sp³-hybridized carbons (Fsp3) is 0.125. The van der Waals surface area contributed by atoms with Crippen molar-refractivity contribution < 1.29 is 8.81 Å². The molecule has 1 heterocycles. The van der Waals surface area contributed by atoms with Crippen molar-refractivity contribution in [1.82, 2.24) is 0 Å². The average molecular weight is 255 g/mol. The Morgan fingerprint density at radius 2 is 1.89 bits per heavy atom. The zero-order valence-electron chi connectivity index (χ0n) is 10.6. The molecule has 1 atom stereocenters. The number of aryl methyl sites for hydroxylation is 1. The Balaban J connectivity index is 2.10. The fourth-order valence-electron chi connectivity index (χ4n) is 2.26. The second-order valence-corrected chi connectivity index (χ2v) is 4.64. The first-order chi connectivity index (χ1) is 9.16. The van der Waals surface area contributed by atoms with Gasteiger partial charge in [-0.05, 0) is 24.6 Å². The molecular weight excluding hydrogens is 241 g/mol. The number of fused-ring (bicyclic) bond motifs is 1. The number of halogens is 1. The third-order valence-electron chi connectivity index (χ3n) is 3.31. The van der Waals surface area contributed by atoms with Crippen LogP contribution in [0.1, 0.15) is 22.9 Å². The summed E-state index contributed by atoms with van der Waals surface area (Å²) >= 11 is 0. The van der Waals surface area contributed by atoms with Gasteiger partial charge in [-0.2, -0.15) is 0 Å². The van der Waals surface area contributed by atoms with Gasteiger partial charge in [-0.3, -0.25) is 0 Å². The van der Waals surface area contributed by atoms with Crippen LogP contribution in [0, 0.1) is 12.7 Å². The smallest absolute Gasteiger partial charge is 0.137 e. The summed E-state index contributed by atoms with van der Waals surface area (Å²) in [6, 6.07) is 13.7. The van der Waals surface area contributed by atoms with Gasteiger partial charge in [-0.25, -0.2) is 4.39 Å². The summed E-state index contributed by atoms with van der Waals surface area (Å²) in [6.07, 6.45) is 0. The molecular formula is C16H14FNO. The van der Waals surface area contributed by atoms with Crippen molar-refractivity contribution in [2.45, 2.75) is 13.0 Å². The van der Waals surface area contributed by atoms with Crippen LogP contribution in [0.25, 0.3) is 11.0 Å². The maximum Gasteiger partial charge on any atom is 0.137 e. The Morgan fingerprint density at radius 3 is 2.63 bits per heavy atom. The molecule has 2 N–H and O–H groups in total. The van der Waals surface area contributed by atoms with Crippen LogP contribution in [0.4, 0.5) is 4.39 Å². The second kappa shape index (κ2) is 4.52. The summed E-state index contributed by atoms with van der Waals surface area (Å²) in [7, 11) is 0. The highest BCUT2D eigenvalue weighted by Crippen LogP contribution is 2.29. The highest BCUT2D eigenvalue weighted by atomic mass is 19.1. The number of rotatable bonds is 2. The molecule has 96 valence electrons. The molecule has 0 bridgehead atoms. The van der Waals surface area contributed by atoms with Gasteiger partial charge in [0.1, 0.15) is 17.2 Å². The normalized spacial score (nSPS) is 12.8. The van der Waals surface area contributed by atoms with Crippen LogP contribution in [0.5, 0.6) is 0 Å². The van der Waals surface area contributed by atoms with Crippen molar-refractivity contribution >= 4 is 11.0 Å². The SMILES string of the molecule is Cc1cccc2cc(C(N)c3ccccc3F)oc12. The molecule has 3 aromatic rings. The van der Waals surface area contributed by atoms with Crippen molar-refractivity contribution in [1.29, 1.82) is 0 Å². The van der Waals surface area contributed by atoms with E-state index in [1.807, 2.05) is 31.2 Å². The van der Waals surface area contributed by atoms with E-state index in [0.717, 1.165) is 16.5 Å². The van der Waals surface area contributed by atoms with E-state index in [-0.39, 0.29) is 5.82 Å². The van der Waals surface area contributed by atoms with E-state index in [9.17, 15) is 4.39 Å². The molecule has 3 heteroatoms. The van der Waals surface area contributed by atoms with E-state index in [1.165, 1.54) is 6.07 Å². The van der Waals surface area contributed by atoms with Crippen molar-refractivity contribution in [2.75, 3.05) is 0 Å². The largest absolute Gasteiger partial charge is 0.459 e. The molecule has 0 amide bonds. The summed E-state index contributed by atoms with van der Waals surface area (Å²) in [4.78, 5) is 0. The monoisotopic (exact) mass is 255 g/mol. The lowest BCUT2D eigenvalue weighted by molar-refractivity contribution is 0.509. The van der Waals surface area contributed by atoms with Gasteiger partial charge in [0.05, 0.1) is 6.04 Å². The lowest BCUT2D eigenvalue weighted by Gasteiger charge is -2.09. The van der Waals surface area contributed by atoms with Crippen LogP contribution in [-0.2, 0) is 0 Å². The summed E-state index contributed by atoms with van der Waals surface area (Å²) in [5.74, 6) is 0.265. The van der Waals surface area contributed by atoms with Gasteiger partial charge in [0.25, 0.3) is 0 Å². The van der Waals surface area contributed by atoms with Gasteiger partial charge in [0.15, 0.2) is 0 Å². The summed E-state index contributed by atoms with van der Waals surface area (Å²) in [6.45, 7) is 1.98. The van der Waals surface area contributed by atoms with Crippen molar-refractivity contribution in [2.24, 2.45) is 5.73 Å². The number of nitrogens with two attached hydrogens (primary N) is 1. The number of benzene rings is 2. The first-order valence-corrected chi connectivity index (χ1v) is 6.16. The van der Waals surface area contributed by atoms with Gasteiger partial charge in [-0.1, -0.05) is 36.4 Å². The molecule has 1 unspecified atom stereocenters. The molecule has 0 saturated heterocycles. The summed E-state index contributed by atoms with van der Waals surface area (Å²) in [5.41, 5.74) is 8.40. The molecule has 0 saturated carbocycles. The van der Waals surface area contributed by atoms with Crippen molar-refractivity contribution in [3.63, 3.8) is 0 Å². The van der Waals surface area contributed by atoms with Gasteiger partial charge in [0, 0.05) is 10.9 Å². The van der Waals surface area contributed by atoms with Gasteiger partial charge in [-0.15, -0.1) is 0 Å². The average Bonchev–Trinajstić information content (AvgIpc) is 2.84. The lowest BCUT2D eigenvalue weighted by atomic mass is 10.0. The first-order valence-electron chi connectivity index (χ1n) is 6.16. The maximum absolute atomic E-state index is 13.7. The van der Waals surface area contributed by atoms with Crippen LogP contribution in [0.2, 0.25) is 0 Å². The molecule has 0 aliphatic heterocycles. The Morgan fingerprint density at radius 1 is 1.11 bits per heavy atom. The van der Waals surface area contributed by atoms with E-state index in [1.54, 1.807) is 18.2 Å². The minimum atomic E-state index is -0.590. The van der Waals surface area contributed by atoms with E-state index in [0.29, 0.717) is 11.3 Å². The molecule has 3 rings (SSSR count). The number of hydrogen-bond donors (Lipinski definition) is 1. The predicted octanol–water partition coefficient (Wildman–Crippen LogP) is 3.93. The highest BCUT2D eigenvalue weighted by Gasteiger charge is 2.17. The van der Waals surface area contributed by atoms with Gasteiger partial charge >= 0.3 is 0 Å². The molecule has 0 aliphatic rings. The lowest BCUT2D eigenvalue weighted by Crippen LogP contribution is -2.12. The van der Waals surface area contributed by atoms with Crippen LogP contribution in [-0.4, -0.2) is 0 Å². The maximum atomic E-state index is 13.7. The Labute approximate surface area is 110 Å². The minimum absolute atomic E-state index is 0.313. The number of furan rings is 1. The third-order valence-corrected chi connectivity index (χ3v) is 3.31. The van der Waals surface area contributed by atoms with Crippen LogP contribution in [0.3, 0.4) is 0 Å². The second-order valence-electron chi connectivity index (χ2n) is 4.64. The summed E-state index contributed by atoms with van der Waals surface area (Å²) in [5, 5.41) is 0.988. The molecule has 19 heavy (non-hydrogen) atoms. The Hall–Kier alpha value is -2.13. The van der Waals surface area contributed by atoms with Crippen LogP contribution >= 0.6 is 0 Å². The summed E-state index contributed by atoms with van der Waals surface area (Å²) < 4.78 is 19.5. The predicted molar refractivity (Wildman–Crippen MR) is 73.4 cm³/mol. The molecule has 2 nitrogen and oxygen atoms in total. The third kappa shape index (κ3) is 2.02.